The number of aryl methyl sites for hydroxylation is 2. The molecule has 0 unspecified atom stereocenters. The molecule has 0 fully saturated rings. The topological polar surface area (TPSA) is 71.5 Å². The van der Waals surface area contributed by atoms with Crippen LogP contribution in [0.15, 0.2) is 65.5 Å². The molecule has 2 N–H and O–H groups in total. The Labute approximate surface area is 221 Å². The molecule has 5 rings (SSSR count). The van der Waals surface area contributed by atoms with E-state index in [1.54, 1.807) is 19.9 Å². The maximum absolute atomic E-state index is 11.5. The fraction of sp³-hybridized carbons (Fsp3) is 0.323. The lowest BCUT2D eigenvalue weighted by Crippen LogP contribution is -2.21. The van der Waals surface area contributed by atoms with Crippen LogP contribution in [0.2, 0.25) is 0 Å². The van der Waals surface area contributed by atoms with Crippen LogP contribution in [-0.4, -0.2) is 21.7 Å². The molecule has 1 heterocycles. The van der Waals surface area contributed by atoms with Gasteiger partial charge < -0.3 is 14.6 Å². The average Bonchev–Trinajstić information content (AvgIpc) is 3.45. The summed E-state index contributed by atoms with van der Waals surface area (Å²) >= 11 is 1.34. The highest BCUT2D eigenvalue weighted by molar-refractivity contribution is 7.09. The molecule has 0 aliphatic heterocycles. The van der Waals surface area contributed by atoms with Crippen molar-refractivity contribution in [1.82, 2.24) is 4.37 Å². The van der Waals surface area contributed by atoms with Crippen LogP contribution in [0.5, 0.6) is 11.5 Å². The number of rotatable bonds is 8. The third kappa shape index (κ3) is 5.65. The number of nitrogens with one attached hydrogen (secondary N) is 1. The van der Waals surface area contributed by atoms with Gasteiger partial charge in [0.15, 0.2) is 0 Å². The van der Waals surface area contributed by atoms with E-state index in [0.717, 1.165) is 34.8 Å². The van der Waals surface area contributed by atoms with E-state index < -0.39 is 5.60 Å². The van der Waals surface area contributed by atoms with Crippen LogP contribution in [0.4, 0.5) is 0 Å². The number of benzene rings is 3. The quantitative estimate of drug-likeness (QED) is 0.265. The number of aromatic nitrogens is 1. The van der Waals surface area contributed by atoms with E-state index in [2.05, 4.69) is 48.6 Å². The van der Waals surface area contributed by atoms with Crippen LogP contribution in [0, 0.1) is 13.8 Å². The predicted molar refractivity (Wildman–Crippen MR) is 150 cm³/mol. The number of H-pyrrole nitrogens is 1. The van der Waals surface area contributed by atoms with E-state index in [4.69, 9.17) is 9.47 Å². The molecule has 3 aromatic carbocycles. The Kier molecular flexibility index (Phi) is 6.97. The summed E-state index contributed by atoms with van der Waals surface area (Å²) in [4.78, 5) is 12.4. The number of ether oxygens (including phenoxy) is 2. The molecule has 37 heavy (non-hydrogen) atoms. The summed E-state index contributed by atoms with van der Waals surface area (Å²) in [6.07, 6.45) is 2.49. The van der Waals surface area contributed by atoms with Crippen molar-refractivity contribution in [2.45, 2.75) is 58.7 Å². The summed E-state index contributed by atoms with van der Waals surface area (Å²) in [5, 5.41) is 9.96. The van der Waals surface area contributed by atoms with Crippen LogP contribution in [0.1, 0.15) is 55.0 Å². The van der Waals surface area contributed by atoms with Gasteiger partial charge in [0, 0.05) is 12.5 Å². The molecule has 0 saturated carbocycles. The third-order valence-electron chi connectivity index (χ3n) is 6.91. The number of fused-ring (bicyclic) bond motifs is 1. The van der Waals surface area contributed by atoms with Gasteiger partial charge in [-0.15, -0.1) is 0 Å². The van der Waals surface area contributed by atoms with E-state index in [1.807, 2.05) is 24.3 Å². The van der Waals surface area contributed by atoms with E-state index in [1.165, 1.54) is 44.9 Å². The largest absolute Gasteiger partial charge is 0.493 e. The second-order valence-corrected chi connectivity index (χ2v) is 11.3. The lowest BCUT2D eigenvalue weighted by Gasteiger charge is -2.19. The van der Waals surface area contributed by atoms with Crippen LogP contribution in [0.3, 0.4) is 0 Å². The van der Waals surface area contributed by atoms with Gasteiger partial charge in [0.1, 0.15) is 17.6 Å². The first-order valence-corrected chi connectivity index (χ1v) is 13.5. The fourth-order valence-corrected chi connectivity index (χ4v) is 5.80. The molecular weight excluding hydrogens is 482 g/mol. The lowest BCUT2D eigenvalue weighted by molar-refractivity contribution is 0.0553. The Morgan fingerprint density at radius 2 is 1.76 bits per heavy atom. The van der Waals surface area contributed by atoms with E-state index >= 15 is 0 Å². The minimum absolute atomic E-state index is 0.00849. The third-order valence-corrected chi connectivity index (χ3v) is 7.79. The highest BCUT2D eigenvalue weighted by Crippen LogP contribution is 2.42. The van der Waals surface area contributed by atoms with Crippen LogP contribution in [0.25, 0.3) is 21.6 Å². The minimum atomic E-state index is -0.736. The van der Waals surface area contributed by atoms with E-state index in [9.17, 15) is 9.90 Å². The molecule has 0 spiro atoms. The van der Waals surface area contributed by atoms with Crippen molar-refractivity contribution < 1.29 is 14.6 Å². The smallest absolute Gasteiger partial charge is 0.258 e. The number of hydrogen-bond acceptors (Lipinski definition) is 5. The van der Waals surface area contributed by atoms with Crippen LogP contribution >= 0.6 is 11.5 Å². The molecule has 5 nitrogen and oxygen atoms in total. The highest BCUT2D eigenvalue weighted by Gasteiger charge is 2.27. The Morgan fingerprint density at radius 3 is 2.41 bits per heavy atom. The van der Waals surface area contributed by atoms with Crippen molar-refractivity contribution in [3.05, 3.63) is 93.3 Å². The molecule has 0 radical (unpaired) electrons. The van der Waals surface area contributed by atoms with Gasteiger partial charge in [-0.25, -0.2) is 0 Å². The fourth-order valence-electron chi connectivity index (χ4n) is 5.11. The van der Waals surface area contributed by atoms with Crippen molar-refractivity contribution in [3.8, 4) is 33.1 Å². The number of aliphatic hydroxyl groups is 1. The Hall–Kier alpha value is -3.35. The maximum atomic E-state index is 11.5. The van der Waals surface area contributed by atoms with Gasteiger partial charge in [-0.1, -0.05) is 29.7 Å². The van der Waals surface area contributed by atoms with Crippen molar-refractivity contribution in [1.29, 1.82) is 0 Å². The van der Waals surface area contributed by atoms with E-state index in [-0.39, 0.29) is 11.7 Å². The molecule has 192 valence electrons. The van der Waals surface area contributed by atoms with Gasteiger partial charge in [-0.2, -0.15) is 0 Å². The number of hydrogen-bond donors (Lipinski definition) is 2. The summed E-state index contributed by atoms with van der Waals surface area (Å²) in [5.41, 5.74) is 7.66. The van der Waals surface area contributed by atoms with Crippen molar-refractivity contribution in [3.63, 3.8) is 0 Å². The maximum Gasteiger partial charge on any atom is 0.258 e. The SMILES string of the molecule is Cc1cc(OCCC(C)(C)O)cc(C)c1-c1cccc2c1CC[C@H]2Oc1ccc(-c2cc(=O)[nH]s2)cc1. The zero-order valence-electron chi connectivity index (χ0n) is 21.8. The monoisotopic (exact) mass is 515 g/mol. The highest BCUT2D eigenvalue weighted by atomic mass is 32.1. The van der Waals surface area contributed by atoms with Gasteiger partial charge in [-0.05, 0) is 116 Å². The van der Waals surface area contributed by atoms with Gasteiger partial charge >= 0.3 is 0 Å². The standard InChI is InChI=1S/C31H33NO4S/c1-19-16-23(35-15-14-31(3,4)34)17-20(2)30(19)26-7-5-6-25-24(26)12-13-27(25)36-22-10-8-21(9-11-22)28-18-29(33)32-37-28/h5-11,16-18,27,34H,12-15H2,1-4H3,(H,32,33)/t27-/m1/s1. The summed E-state index contributed by atoms with van der Waals surface area (Å²) in [6, 6.07) is 20.3. The average molecular weight is 516 g/mol. The zero-order valence-corrected chi connectivity index (χ0v) is 22.6. The summed E-state index contributed by atoms with van der Waals surface area (Å²) < 4.78 is 15.1. The van der Waals surface area contributed by atoms with Crippen LogP contribution in [-0.2, 0) is 6.42 Å². The molecule has 0 bridgehead atoms. The molecule has 1 aromatic heterocycles. The second-order valence-electron chi connectivity index (χ2n) is 10.5. The summed E-state index contributed by atoms with van der Waals surface area (Å²) in [7, 11) is 0. The molecule has 1 aliphatic carbocycles. The summed E-state index contributed by atoms with van der Waals surface area (Å²) in [5.74, 6) is 1.67. The van der Waals surface area contributed by atoms with Crippen molar-refractivity contribution in [2.75, 3.05) is 6.61 Å². The molecule has 1 aliphatic rings. The Morgan fingerprint density at radius 1 is 1.03 bits per heavy atom. The molecule has 1 atom stereocenters. The first-order valence-electron chi connectivity index (χ1n) is 12.7. The van der Waals surface area contributed by atoms with Crippen molar-refractivity contribution >= 4 is 11.5 Å². The molecule has 0 amide bonds. The zero-order chi connectivity index (χ0) is 26.2. The van der Waals surface area contributed by atoms with Crippen molar-refractivity contribution in [2.24, 2.45) is 0 Å². The second kappa shape index (κ2) is 10.2. The van der Waals surface area contributed by atoms with Crippen LogP contribution < -0.4 is 15.0 Å². The minimum Gasteiger partial charge on any atom is -0.493 e. The normalized spacial score (nSPS) is 15.0. The summed E-state index contributed by atoms with van der Waals surface area (Å²) in [6.45, 7) is 8.35. The first-order chi connectivity index (χ1) is 17.7. The Bertz CT molecular complexity index is 1440. The Balaban J connectivity index is 1.35. The van der Waals surface area contributed by atoms with Gasteiger partial charge in [0.25, 0.3) is 5.56 Å². The predicted octanol–water partition coefficient (Wildman–Crippen LogP) is 6.99. The lowest BCUT2D eigenvalue weighted by atomic mass is 9.90. The first kappa shape index (κ1) is 25.3. The number of aromatic amines is 1. The van der Waals surface area contributed by atoms with Gasteiger partial charge in [0.05, 0.1) is 17.1 Å². The molecule has 0 saturated heterocycles. The van der Waals surface area contributed by atoms with E-state index in [0.29, 0.717) is 13.0 Å². The molecule has 6 heteroatoms. The van der Waals surface area contributed by atoms with Gasteiger partial charge in [-0.3, -0.25) is 9.17 Å². The molecular formula is C31H33NO4S. The molecule has 4 aromatic rings. The van der Waals surface area contributed by atoms with Gasteiger partial charge in [0.2, 0.25) is 0 Å².